The van der Waals surface area contributed by atoms with Crippen LogP contribution >= 0.6 is 0 Å². The van der Waals surface area contributed by atoms with E-state index in [0.717, 1.165) is 12.8 Å². The summed E-state index contributed by atoms with van der Waals surface area (Å²) in [6, 6.07) is 6.63. The van der Waals surface area contributed by atoms with Gasteiger partial charge in [-0.3, -0.25) is 9.59 Å². The summed E-state index contributed by atoms with van der Waals surface area (Å²) in [6.07, 6.45) is 1.22. The Labute approximate surface area is 140 Å². The van der Waals surface area contributed by atoms with Gasteiger partial charge in [-0.15, -0.1) is 0 Å². The summed E-state index contributed by atoms with van der Waals surface area (Å²) in [6.45, 7) is 2.66. The molecule has 1 aliphatic heterocycles. The molecule has 1 saturated heterocycles. The number of anilines is 1. The maximum absolute atomic E-state index is 11.9. The second kappa shape index (κ2) is 8.44. The lowest BCUT2D eigenvalue weighted by atomic mass is 10.2. The smallest absolute Gasteiger partial charge is 0.337 e. The van der Waals surface area contributed by atoms with Crippen LogP contribution in [0.1, 0.15) is 30.1 Å². The number of ether oxygens (including phenoxy) is 2. The summed E-state index contributed by atoms with van der Waals surface area (Å²) in [5.74, 6) is -0.797. The van der Waals surface area contributed by atoms with Gasteiger partial charge in [0.25, 0.3) is 0 Å². The average Bonchev–Trinajstić information content (AvgIpc) is 3.12. The average molecular weight is 334 g/mol. The van der Waals surface area contributed by atoms with E-state index in [4.69, 9.17) is 4.74 Å². The van der Waals surface area contributed by atoms with Gasteiger partial charge in [0.1, 0.15) is 6.10 Å². The molecule has 1 fully saturated rings. The fraction of sp³-hybridized carbons (Fsp3) is 0.471. The molecule has 7 heteroatoms. The SMILES string of the molecule is COC(=O)c1cccc(N(CCNC(=O)C2CCCO2)C(C)=O)c1. The van der Waals surface area contributed by atoms with Crippen molar-refractivity contribution in [2.24, 2.45) is 0 Å². The van der Waals surface area contributed by atoms with Crippen molar-refractivity contribution in [3.63, 3.8) is 0 Å². The summed E-state index contributed by atoms with van der Waals surface area (Å²) >= 11 is 0. The number of benzene rings is 1. The highest BCUT2D eigenvalue weighted by Crippen LogP contribution is 2.17. The van der Waals surface area contributed by atoms with Crippen molar-refractivity contribution in [2.75, 3.05) is 31.7 Å². The molecule has 130 valence electrons. The Kier molecular flexibility index (Phi) is 6.31. The zero-order chi connectivity index (χ0) is 17.5. The number of hydrogen-bond acceptors (Lipinski definition) is 5. The highest BCUT2D eigenvalue weighted by molar-refractivity contribution is 5.95. The van der Waals surface area contributed by atoms with Gasteiger partial charge in [-0.05, 0) is 31.0 Å². The van der Waals surface area contributed by atoms with Gasteiger partial charge in [-0.1, -0.05) is 6.07 Å². The molecule has 0 radical (unpaired) electrons. The molecule has 1 aliphatic rings. The normalized spacial score (nSPS) is 16.5. The molecule has 1 aromatic carbocycles. The van der Waals surface area contributed by atoms with Crippen LogP contribution in [0.5, 0.6) is 0 Å². The van der Waals surface area contributed by atoms with Crippen molar-refractivity contribution in [1.82, 2.24) is 5.32 Å². The molecule has 2 amide bonds. The molecule has 24 heavy (non-hydrogen) atoms. The fourth-order valence-corrected chi connectivity index (χ4v) is 2.58. The quantitative estimate of drug-likeness (QED) is 0.788. The molecular formula is C17H22N2O5. The Bertz CT molecular complexity index is 611. The largest absolute Gasteiger partial charge is 0.465 e. The first-order valence-corrected chi connectivity index (χ1v) is 7.88. The number of hydrogen-bond donors (Lipinski definition) is 1. The van der Waals surface area contributed by atoms with E-state index in [1.54, 1.807) is 24.3 Å². The molecule has 0 aliphatic carbocycles. The summed E-state index contributed by atoms with van der Waals surface area (Å²) < 4.78 is 10.0. The van der Waals surface area contributed by atoms with Crippen molar-refractivity contribution in [1.29, 1.82) is 0 Å². The Hall–Kier alpha value is -2.41. The van der Waals surface area contributed by atoms with Gasteiger partial charge in [0, 0.05) is 32.3 Å². The molecule has 7 nitrogen and oxygen atoms in total. The predicted molar refractivity (Wildman–Crippen MR) is 87.8 cm³/mol. The molecule has 1 unspecified atom stereocenters. The zero-order valence-corrected chi connectivity index (χ0v) is 13.9. The maximum atomic E-state index is 11.9. The number of nitrogens with one attached hydrogen (secondary N) is 1. The van der Waals surface area contributed by atoms with Crippen molar-refractivity contribution < 1.29 is 23.9 Å². The van der Waals surface area contributed by atoms with E-state index in [1.807, 2.05) is 0 Å². The van der Waals surface area contributed by atoms with Crippen LogP contribution in [0.25, 0.3) is 0 Å². The summed E-state index contributed by atoms with van der Waals surface area (Å²) in [5, 5.41) is 2.78. The van der Waals surface area contributed by atoms with E-state index in [-0.39, 0.29) is 11.8 Å². The molecule has 0 spiro atoms. The number of methoxy groups -OCH3 is 1. The standard InChI is InChI=1S/C17H22N2O5/c1-12(20)19(9-8-18-16(21)15-7-4-10-24-15)14-6-3-5-13(11-14)17(22)23-2/h3,5-6,11,15H,4,7-10H2,1-2H3,(H,18,21). The van der Waals surface area contributed by atoms with Crippen LogP contribution < -0.4 is 10.2 Å². The lowest BCUT2D eigenvalue weighted by molar-refractivity contribution is -0.130. The molecule has 2 rings (SSSR count). The Morgan fingerprint density at radius 2 is 2.17 bits per heavy atom. The van der Waals surface area contributed by atoms with Gasteiger partial charge >= 0.3 is 5.97 Å². The number of nitrogens with zero attached hydrogens (tertiary/aromatic N) is 1. The Morgan fingerprint density at radius 3 is 2.79 bits per heavy atom. The van der Waals surface area contributed by atoms with Crippen LogP contribution in [0.3, 0.4) is 0 Å². The lowest BCUT2D eigenvalue weighted by Gasteiger charge is -2.22. The number of carbonyl (C=O) groups excluding carboxylic acids is 3. The molecular weight excluding hydrogens is 312 g/mol. The van der Waals surface area contributed by atoms with E-state index in [1.165, 1.54) is 18.9 Å². The molecule has 1 aromatic rings. The van der Waals surface area contributed by atoms with Gasteiger partial charge in [-0.2, -0.15) is 0 Å². The maximum Gasteiger partial charge on any atom is 0.337 e. The summed E-state index contributed by atoms with van der Waals surface area (Å²) in [5.41, 5.74) is 0.946. The second-order valence-corrected chi connectivity index (χ2v) is 5.51. The number of rotatable bonds is 6. The van der Waals surface area contributed by atoms with Crippen LogP contribution in [0.2, 0.25) is 0 Å². The third-order valence-corrected chi connectivity index (χ3v) is 3.82. The minimum atomic E-state index is -0.466. The summed E-state index contributed by atoms with van der Waals surface area (Å²) in [4.78, 5) is 36.9. The van der Waals surface area contributed by atoms with Gasteiger partial charge in [0.2, 0.25) is 11.8 Å². The van der Waals surface area contributed by atoms with Gasteiger partial charge in [0.15, 0.2) is 0 Å². The first-order valence-electron chi connectivity index (χ1n) is 7.88. The monoisotopic (exact) mass is 334 g/mol. The zero-order valence-electron chi connectivity index (χ0n) is 13.9. The molecule has 0 aromatic heterocycles. The highest BCUT2D eigenvalue weighted by Gasteiger charge is 2.23. The predicted octanol–water partition coefficient (Wildman–Crippen LogP) is 1.12. The van der Waals surface area contributed by atoms with Crippen LogP contribution in [-0.2, 0) is 19.1 Å². The van der Waals surface area contributed by atoms with E-state index < -0.39 is 12.1 Å². The number of esters is 1. The van der Waals surface area contributed by atoms with E-state index in [0.29, 0.717) is 30.9 Å². The third kappa shape index (κ3) is 4.55. The molecule has 1 N–H and O–H groups in total. The van der Waals surface area contributed by atoms with E-state index in [2.05, 4.69) is 10.1 Å². The van der Waals surface area contributed by atoms with Gasteiger partial charge in [0.05, 0.1) is 12.7 Å². The van der Waals surface area contributed by atoms with Crippen LogP contribution in [0, 0.1) is 0 Å². The Balaban J connectivity index is 1.97. The number of amides is 2. The first-order chi connectivity index (χ1) is 11.5. The molecule has 1 atom stereocenters. The van der Waals surface area contributed by atoms with Crippen LogP contribution in [0.15, 0.2) is 24.3 Å². The molecule has 0 saturated carbocycles. The lowest BCUT2D eigenvalue weighted by Crippen LogP contribution is -2.41. The molecule has 0 bridgehead atoms. The summed E-state index contributed by atoms with van der Waals surface area (Å²) in [7, 11) is 1.30. The van der Waals surface area contributed by atoms with Crippen LogP contribution in [-0.4, -0.2) is 50.7 Å². The molecule has 1 heterocycles. The minimum Gasteiger partial charge on any atom is -0.465 e. The highest BCUT2D eigenvalue weighted by atomic mass is 16.5. The number of carbonyl (C=O) groups is 3. The van der Waals surface area contributed by atoms with Crippen molar-refractivity contribution >= 4 is 23.5 Å². The van der Waals surface area contributed by atoms with Crippen molar-refractivity contribution in [2.45, 2.75) is 25.9 Å². The topological polar surface area (TPSA) is 84.9 Å². The second-order valence-electron chi connectivity index (χ2n) is 5.51. The van der Waals surface area contributed by atoms with Gasteiger partial charge in [-0.25, -0.2) is 4.79 Å². The Morgan fingerprint density at radius 1 is 1.38 bits per heavy atom. The van der Waals surface area contributed by atoms with E-state index in [9.17, 15) is 14.4 Å². The van der Waals surface area contributed by atoms with Gasteiger partial charge < -0.3 is 19.7 Å². The van der Waals surface area contributed by atoms with Crippen LogP contribution in [0.4, 0.5) is 5.69 Å². The van der Waals surface area contributed by atoms with Crippen molar-refractivity contribution in [3.8, 4) is 0 Å². The third-order valence-electron chi connectivity index (χ3n) is 3.82. The fourth-order valence-electron chi connectivity index (χ4n) is 2.58. The van der Waals surface area contributed by atoms with Crippen molar-refractivity contribution in [3.05, 3.63) is 29.8 Å². The minimum absolute atomic E-state index is 0.153. The first kappa shape index (κ1) is 17.9. The van der Waals surface area contributed by atoms with E-state index >= 15 is 0 Å².